The Morgan fingerprint density at radius 3 is 2.86 bits per heavy atom. The van der Waals surface area contributed by atoms with Crippen molar-refractivity contribution in [1.29, 1.82) is 0 Å². The quantitative estimate of drug-likeness (QED) is 0.551. The fraction of sp³-hybridized carbons (Fsp3) is 0.333. The van der Waals surface area contributed by atoms with Crippen molar-refractivity contribution in [2.75, 3.05) is 32.1 Å². The summed E-state index contributed by atoms with van der Waals surface area (Å²) in [5.74, 6) is -1.42. The summed E-state index contributed by atoms with van der Waals surface area (Å²) in [7, 11) is 1.43. The van der Waals surface area contributed by atoms with E-state index >= 15 is 0 Å². The second kappa shape index (κ2) is 8.92. The number of methoxy groups -OCH3 is 1. The number of ether oxygens (including phenoxy) is 2. The maximum absolute atomic E-state index is 14.3. The Morgan fingerprint density at radius 1 is 1.28 bits per heavy atom. The second-order valence-corrected chi connectivity index (χ2v) is 7.10. The van der Waals surface area contributed by atoms with Crippen LogP contribution in [0.3, 0.4) is 0 Å². The molecule has 2 aromatic carbocycles. The van der Waals surface area contributed by atoms with E-state index in [2.05, 4.69) is 36.5 Å². The van der Waals surface area contributed by atoms with Crippen molar-refractivity contribution in [2.45, 2.75) is 12.8 Å². The van der Waals surface area contributed by atoms with Crippen LogP contribution < -0.4 is 20.1 Å². The van der Waals surface area contributed by atoms with Gasteiger partial charge in [-0.1, -0.05) is 15.9 Å². The molecule has 4 unspecified atom stereocenters. The van der Waals surface area contributed by atoms with E-state index in [0.29, 0.717) is 21.2 Å². The molecule has 2 N–H and O–H groups in total. The predicted molar refractivity (Wildman–Crippen MR) is 115 cm³/mol. The van der Waals surface area contributed by atoms with E-state index in [4.69, 9.17) is 16.3 Å². The molecule has 29 heavy (non-hydrogen) atoms. The highest BCUT2D eigenvalue weighted by Gasteiger charge is 2.17. The van der Waals surface area contributed by atoms with E-state index in [1.54, 1.807) is 24.3 Å². The molecule has 1 aliphatic rings. The van der Waals surface area contributed by atoms with E-state index in [1.165, 1.54) is 19.5 Å². The van der Waals surface area contributed by atoms with Crippen molar-refractivity contribution >= 4 is 38.3 Å². The van der Waals surface area contributed by atoms with Crippen LogP contribution in [-0.2, 0) is 0 Å². The average Bonchev–Trinajstić information content (AvgIpc) is 2.81. The molecule has 0 amide bonds. The Labute approximate surface area is 184 Å². The summed E-state index contributed by atoms with van der Waals surface area (Å²) >= 11 is 3.22. The molecule has 0 spiro atoms. The molecule has 0 radical (unpaired) electrons. The van der Waals surface area contributed by atoms with Gasteiger partial charge in [-0.25, -0.2) is 14.4 Å². The zero-order chi connectivity index (χ0) is 24.6. The van der Waals surface area contributed by atoms with Gasteiger partial charge in [0.2, 0.25) is 0 Å². The van der Waals surface area contributed by atoms with Crippen LogP contribution in [0.5, 0.6) is 11.5 Å². The highest BCUT2D eigenvalue weighted by atomic mass is 79.9. The molecule has 2 heterocycles. The Bertz CT molecular complexity index is 1200. The Balaban J connectivity index is 1.64. The summed E-state index contributed by atoms with van der Waals surface area (Å²) in [5, 5.41) is 6.00. The van der Waals surface area contributed by atoms with Gasteiger partial charge in [0.25, 0.3) is 0 Å². The third-order valence-corrected chi connectivity index (χ3v) is 4.78. The Kier molecular flexibility index (Phi) is 4.47. The summed E-state index contributed by atoms with van der Waals surface area (Å²) < 4.78 is 67.0. The lowest BCUT2D eigenvalue weighted by Gasteiger charge is -2.23. The fourth-order valence-electron chi connectivity index (χ4n) is 2.83. The summed E-state index contributed by atoms with van der Waals surface area (Å²) in [5.41, 5.74) is 0.680. The molecule has 0 aliphatic carbocycles. The van der Waals surface area contributed by atoms with Crippen molar-refractivity contribution < 1.29 is 20.7 Å². The van der Waals surface area contributed by atoms with Crippen LogP contribution in [0.1, 0.15) is 19.6 Å². The number of benzene rings is 2. The Morgan fingerprint density at radius 2 is 2.10 bits per heavy atom. The van der Waals surface area contributed by atoms with Gasteiger partial charge < -0.3 is 20.1 Å². The van der Waals surface area contributed by atoms with Crippen molar-refractivity contribution in [2.24, 2.45) is 5.89 Å². The topological polar surface area (TPSA) is 68.3 Å². The number of nitrogens with one attached hydrogen (secondary N) is 2. The van der Waals surface area contributed by atoms with Crippen LogP contribution in [0, 0.1) is 11.7 Å². The molecule has 0 bridgehead atoms. The van der Waals surface area contributed by atoms with Crippen LogP contribution in [0.25, 0.3) is 10.9 Å². The second-order valence-electron chi connectivity index (χ2n) is 6.19. The summed E-state index contributed by atoms with van der Waals surface area (Å²) in [6.07, 6.45) is -1.27. The number of piperidine rings is 1. The van der Waals surface area contributed by atoms with Crippen LogP contribution in [0.15, 0.2) is 41.1 Å². The van der Waals surface area contributed by atoms with Crippen molar-refractivity contribution in [3.8, 4) is 11.5 Å². The molecule has 1 aliphatic heterocycles. The molecule has 4 rings (SSSR count). The van der Waals surface area contributed by atoms with Gasteiger partial charge in [-0.05, 0) is 56.0 Å². The third kappa shape index (κ3) is 4.59. The van der Waals surface area contributed by atoms with Crippen molar-refractivity contribution in [3.63, 3.8) is 0 Å². The number of hydrogen-bond acceptors (Lipinski definition) is 6. The number of fused-ring (bicyclic) bond motifs is 1. The first kappa shape index (κ1) is 14.5. The van der Waals surface area contributed by atoms with E-state index in [1.807, 2.05) is 0 Å². The predicted octanol–water partition coefficient (Wildman–Crippen LogP) is 4.66. The molecular weight excluding hydrogens is 439 g/mol. The maximum Gasteiger partial charge on any atom is 0.163 e. The van der Waals surface area contributed by atoms with Crippen LogP contribution in [0.2, 0.25) is 0 Å². The van der Waals surface area contributed by atoms with Gasteiger partial charge in [0.1, 0.15) is 18.0 Å². The summed E-state index contributed by atoms with van der Waals surface area (Å²) in [6, 6.07) is 7.78. The van der Waals surface area contributed by atoms with E-state index in [-0.39, 0.29) is 23.8 Å². The first-order valence-corrected chi connectivity index (χ1v) is 9.56. The molecule has 1 aromatic heterocycles. The van der Waals surface area contributed by atoms with Crippen LogP contribution >= 0.6 is 15.9 Å². The maximum atomic E-state index is 14.3. The molecule has 3 aromatic rings. The molecule has 0 saturated carbocycles. The molecular formula is C21H22BrFN4O2. The molecule has 1 saturated heterocycles. The fourth-order valence-corrected chi connectivity index (χ4v) is 3.17. The average molecular weight is 466 g/mol. The number of rotatable bonds is 6. The first-order valence-electron chi connectivity index (χ1n) is 11.6. The van der Waals surface area contributed by atoms with Gasteiger partial charge in [-0.3, -0.25) is 0 Å². The van der Waals surface area contributed by atoms with Crippen LogP contribution in [-0.4, -0.2) is 36.7 Å². The minimum Gasteiger partial charge on any atom is -0.493 e. The lowest BCUT2D eigenvalue weighted by molar-refractivity contribution is 0.208. The highest BCUT2D eigenvalue weighted by molar-refractivity contribution is 9.10. The van der Waals surface area contributed by atoms with E-state index in [9.17, 15) is 4.39 Å². The largest absolute Gasteiger partial charge is 0.493 e. The molecule has 6 nitrogen and oxygen atoms in total. The van der Waals surface area contributed by atoms with E-state index in [0.717, 1.165) is 0 Å². The number of hydrogen-bond donors (Lipinski definition) is 2. The molecule has 4 atom stereocenters. The lowest BCUT2D eigenvalue weighted by Crippen LogP contribution is -2.30. The van der Waals surface area contributed by atoms with Gasteiger partial charge in [0.15, 0.2) is 11.5 Å². The zero-order valence-electron chi connectivity index (χ0n) is 20.4. The van der Waals surface area contributed by atoms with Gasteiger partial charge in [0, 0.05) is 22.8 Å². The number of halogens is 2. The van der Waals surface area contributed by atoms with Gasteiger partial charge in [-0.2, -0.15) is 0 Å². The number of aromatic nitrogens is 2. The van der Waals surface area contributed by atoms with Gasteiger partial charge in [0.05, 0.1) is 24.9 Å². The smallest absolute Gasteiger partial charge is 0.163 e. The third-order valence-electron chi connectivity index (χ3n) is 4.29. The van der Waals surface area contributed by atoms with Gasteiger partial charge in [-0.15, -0.1) is 0 Å². The number of anilines is 2. The first-order chi connectivity index (χ1) is 16.1. The van der Waals surface area contributed by atoms with Crippen molar-refractivity contribution in [3.05, 3.63) is 46.9 Å². The number of nitrogens with zero attached hydrogens (tertiary/aromatic N) is 2. The van der Waals surface area contributed by atoms with E-state index < -0.39 is 37.5 Å². The standard InChI is InChI=1S/C21H22BrFN4O2/c1-28-19-9-15-18(10-20(19)29-11-13-4-6-24-7-5-13)25-12-26-21(15)27-17-3-2-14(22)8-16(17)23/h2-3,8-10,12-13,24H,4-7,11H2,1H3,(H,25,26,27)/i4D,5D,6D,7D,13D. The monoisotopic (exact) mass is 465 g/mol. The SMILES string of the molecule is [2H]C1NC([2H])C([2H])C([2H])(COc2cc3ncnc(Nc4ccc(Br)cc4F)c3cc2OC)C1[2H]. The molecule has 152 valence electrons. The zero-order valence-corrected chi connectivity index (χ0v) is 17.0. The van der Waals surface area contributed by atoms with Gasteiger partial charge >= 0.3 is 0 Å². The molecule has 1 fully saturated rings. The Hall–Kier alpha value is -2.45. The summed E-state index contributed by atoms with van der Waals surface area (Å²) in [6.45, 7) is -2.74. The van der Waals surface area contributed by atoms with Crippen molar-refractivity contribution in [1.82, 2.24) is 15.3 Å². The lowest BCUT2D eigenvalue weighted by atomic mass is 9.99. The molecule has 8 heteroatoms. The van der Waals surface area contributed by atoms with Crippen LogP contribution in [0.4, 0.5) is 15.9 Å². The minimum absolute atomic E-state index is 0.224. The summed E-state index contributed by atoms with van der Waals surface area (Å²) in [4.78, 5) is 8.46. The minimum atomic E-state index is -1.80. The normalized spacial score (nSPS) is 31.8. The highest BCUT2D eigenvalue weighted by Crippen LogP contribution is 2.35.